The first-order valence-corrected chi connectivity index (χ1v) is 3.77. The summed E-state index contributed by atoms with van der Waals surface area (Å²) in [6.07, 6.45) is 7.13. The quantitative estimate of drug-likeness (QED) is 0.524. The van der Waals surface area contributed by atoms with E-state index in [2.05, 4.69) is 24.4 Å². The van der Waals surface area contributed by atoms with Crippen molar-refractivity contribution in [1.29, 1.82) is 0 Å². The van der Waals surface area contributed by atoms with Gasteiger partial charge in [0.2, 0.25) is 0 Å². The molecular formula is C8H15N. The first-order valence-electron chi connectivity index (χ1n) is 3.77. The van der Waals surface area contributed by atoms with Crippen LogP contribution in [0.2, 0.25) is 0 Å². The molecule has 1 rings (SSSR count). The van der Waals surface area contributed by atoms with E-state index in [4.69, 9.17) is 0 Å². The molecule has 1 saturated heterocycles. The highest BCUT2D eigenvalue weighted by molar-refractivity contribution is 4.87. The van der Waals surface area contributed by atoms with Gasteiger partial charge in [0.25, 0.3) is 0 Å². The van der Waals surface area contributed by atoms with Gasteiger partial charge in [-0.05, 0) is 38.8 Å². The number of allylic oxidation sites excluding steroid dienone is 2. The highest BCUT2D eigenvalue weighted by Gasteiger charge is 2.07. The second-order valence-corrected chi connectivity index (χ2v) is 2.61. The molecule has 0 atom stereocenters. The van der Waals surface area contributed by atoms with Crippen molar-refractivity contribution >= 4 is 0 Å². The number of piperidine rings is 1. The third-order valence-corrected chi connectivity index (χ3v) is 1.85. The molecule has 1 nitrogen and oxygen atoms in total. The Bertz CT molecular complexity index is 90.7. The van der Waals surface area contributed by atoms with Gasteiger partial charge >= 0.3 is 0 Å². The molecule has 0 amide bonds. The molecule has 0 radical (unpaired) electrons. The smallest absolute Gasteiger partial charge is 0.00433 e. The van der Waals surface area contributed by atoms with Crippen molar-refractivity contribution < 1.29 is 0 Å². The van der Waals surface area contributed by atoms with Crippen LogP contribution in [-0.2, 0) is 0 Å². The molecule has 0 bridgehead atoms. The van der Waals surface area contributed by atoms with Gasteiger partial charge in [0, 0.05) is 0 Å². The zero-order valence-electron chi connectivity index (χ0n) is 6.06. The Kier molecular flexibility index (Phi) is 2.78. The van der Waals surface area contributed by atoms with Crippen LogP contribution in [-0.4, -0.2) is 13.1 Å². The molecular weight excluding hydrogens is 110 g/mol. The van der Waals surface area contributed by atoms with E-state index in [1.807, 2.05) is 0 Å². The Balaban J connectivity index is 2.23. The molecule has 0 saturated carbocycles. The van der Waals surface area contributed by atoms with Gasteiger partial charge in [0.05, 0.1) is 0 Å². The fraction of sp³-hybridized carbons (Fsp3) is 0.750. The van der Waals surface area contributed by atoms with Crippen LogP contribution in [0.4, 0.5) is 0 Å². The number of nitrogens with one attached hydrogen (secondary N) is 1. The second kappa shape index (κ2) is 3.67. The summed E-state index contributed by atoms with van der Waals surface area (Å²) in [5, 5.41) is 3.34. The van der Waals surface area contributed by atoms with Gasteiger partial charge in [-0.2, -0.15) is 0 Å². The third kappa shape index (κ3) is 2.19. The van der Waals surface area contributed by atoms with E-state index < -0.39 is 0 Å². The Hall–Kier alpha value is -0.300. The Labute approximate surface area is 57.1 Å². The lowest BCUT2D eigenvalue weighted by atomic mass is 9.98. The van der Waals surface area contributed by atoms with Crippen LogP contribution in [0.25, 0.3) is 0 Å². The molecule has 1 aliphatic heterocycles. The summed E-state index contributed by atoms with van der Waals surface area (Å²) in [6, 6.07) is 0. The van der Waals surface area contributed by atoms with Gasteiger partial charge in [-0.3, -0.25) is 0 Å². The SMILES string of the molecule is C/C=C\C1CCNCC1. The molecule has 0 aromatic rings. The van der Waals surface area contributed by atoms with E-state index in [-0.39, 0.29) is 0 Å². The van der Waals surface area contributed by atoms with Gasteiger partial charge in [0.1, 0.15) is 0 Å². The molecule has 0 spiro atoms. The predicted octanol–water partition coefficient (Wildman–Crippen LogP) is 1.56. The molecule has 0 unspecified atom stereocenters. The zero-order valence-corrected chi connectivity index (χ0v) is 6.06. The van der Waals surface area contributed by atoms with Crippen molar-refractivity contribution in [2.24, 2.45) is 5.92 Å². The van der Waals surface area contributed by atoms with E-state index in [0.29, 0.717) is 0 Å². The topological polar surface area (TPSA) is 12.0 Å². The summed E-state index contributed by atoms with van der Waals surface area (Å²) < 4.78 is 0. The standard InChI is InChI=1S/C8H15N/c1-2-3-8-4-6-9-7-5-8/h2-3,8-9H,4-7H2,1H3/b3-2-. The number of hydrogen-bond acceptors (Lipinski definition) is 1. The van der Waals surface area contributed by atoms with Crippen molar-refractivity contribution in [2.75, 3.05) is 13.1 Å². The fourth-order valence-electron chi connectivity index (χ4n) is 1.31. The lowest BCUT2D eigenvalue weighted by molar-refractivity contribution is 0.436. The molecule has 1 heterocycles. The summed E-state index contributed by atoms with van der Waals surface area (Å²) in [5.41, 5.74) is 0. The van der Waals surface area contributed by atoms with Crippen LogP contribution in [0.1, 0.15) is 19.8 Å². The van der Waals surface area contributed by atoms with Gasteiger partial charge in [-0.15, -0.1) is 0 Å². The molecule has 0 aliphatic carbocycles. The summed E-state index contributed by atoms with van der Waals surface area (Å²) in [5.74, 6) is 0.858. The van der Waals surface area contributed by atoms with Crippen molar-refractivity contribution in [3.8, 4) is 0 Å². The maximum atomic E-state index is 3.34. The highest BCUT2D eigenvalue weighted by atomic mass is 14.9. The molecule has 9 heavy (non-hydrogen) atoms. The molecule has 1 N–H and O–H groups in total. The van der Waals surface area contributed by atoms with E-state index in [9.17, 15) is 0 Å². The average molecular weight is 125 g/mol. The van der Waals surface area contributed by atoms with E-state index >= 15 is 0 Å². The molecule has 0 aromatic heterocycles. The predicted molar refractivity (Wildman–Crippen MR) is 40.4 cm³/mol. The van der Waals surface area contributed by atoms with Crippen LogP contribution in [0, 0.1) is 5.92 Å². The van der Waals surface area contributed by atoms with Crippen LogP contribution in [0.5, 0.6) is 0 Å². The van der Waals surface area contributed by atoms with Crippen LogP contribution < -0.4 is 5.32 Å². The van der Waals surface area contributed by atoms with Crippen LogP contribution in [0.15, 0.2) is 12.2 Å². The Morgan fingerprint density at radius 1 is 1.33 bits per heavy atom. The van der Waals surface area contributed by atoms with Crippen molar-refractivity contribution in [1.82, 2.24) is 5.32 Å². The lowest BCUT2D eigenvalue weighted by Crippen LogP contribution is -2.26. The van der Waals surface area contributed by atoms with Crippen molar-refractivity contribution in [2.45, 2.75) is 19.8 Å². The monoisotopic (exact) mass is 125 g/mol. The first-order chi connectivity index (χ1) is 4.43. The fourth-order valence-corrected chi connectivity index (χ4v) is 1.31. The van der Waals surface area contributed by atoms with E-state index in [1.54, 1.807) is 0 Å². The summed E-state index contributed by atoms with van der Waals surface area (Å²) >= 11 is 0. The Morgan fingerprint density at radius 3 is 2.56 bits per heavy atom. The minimum atomic E-state index is 0.858. The van der Waals surface area contributed by atoms with E-state index in [1.165, 1.54) is 25.9 Å². The Morgan fingerprint density at radius 2 is 2.00 bits per heavy atom. The normalized spacial score (nSPS) is 23.2. The minimum Gasteiger partial charge on any atom is -0.317 e. The lowest BCUT2D eigenvalue weighted by Gasteiger charge is -2.18. The second-order valence-electron chi connectivity index (χ2n) is 2.61. The van der Waals surface area contributed by atoms with Crippen molar-refractivity contribution in [3.05, 3.63) is 12.2 Å². The first kappa shape index (κ1) is 6.81. The van der Waals surface area contributed by atoms with Crippen LogP contribution >= 0.6 is 0 Å². The molecule has 1 aliphatic rings. The largest absolute Gasteiger partial charge is 0.317 e. The molecule has 0 aromatic carbocycles. The summed E-state index contributed by atoms with van der Waals surface area (Å²) in [4.78, 5) is 0. The highest BCUT2D eigenvalue weighted by Crippen LogP contribution is 2.11. The summed E-state index contributed by atoms with van der Waals surface area (Å²) in [6.45, 7) is 4.51. The van der Waals surface area contributed by atoms with Crippen molar-refractivity contribution in [3.63, 3.8) is 0 Å². The zero-order chi connectivity index (χ0) is 6.53. The maximum Gasteiger partial charge on any atom is -0.00433 e. The van der Waals surface area contributed by atoms with Gasteiger partial charge in [-0.1, -0.05) is 12.2 Å². The average Bonchev–Trinajstić information content (AvgIpc) is 1.91. The maximum absolute atomic E-state index is 3.34. The van der Waals surface area contributed by atoms with Gasteiger partial charge in [-0.25, -0.2) is 0 Å². The summed E-state index contributed by atoms with van der Waals surface area (Å²) in [7, 11) is 0. The molecule has 1 fully saturated rings. The minimum absolute atomic E-state index is 0.858. The van der Waals surface area contributed by atoms with E-state index in [0.717, 1.165) is 5.92 Å². The molecule has 1 heteroatoms. The third-order valence-electron chi connectivity index (χ3n) is 1.85. The molecule has 52 valence electrons. The van der Waals surface area contributed by atoms with Crippen LogP contribution in [0.3, 0.4) is 0 Å². The van der Waals surface area contributed by atoms with Gasteiger partial charge in [0.15, 0.2) is 0 Å². The number of rotatable bonds is 1. The number of hydrogen-bond donors (Lipinski definition) is 1. The van der Waals surface area contributed by atoms with Gasteiger partial charge < -0.3 is 5.32 Å².